The molecule has 0 radical (unpaired) electrons. The second-order valence-corrected chi connectivity index (χ2v) is 2.24. The summed E-state index contributed by atoms with van der Waals surface area (Å²) in [5, 5.41) is 9.81. The van der Waals surface area contributed by atoms with Crippen molar-refractivity contribution in [2.75, 3.05) is 19.8 Å². The summed E-state index contributed by atoms with van der Waals surface area (Å²) in [6, 6.07) is 1.97. The van der Waals surface area contributed by atoms with Gasteiger partial charge in [0, 0.05) is 0 Å². The smallest absolute Gasteiger partial charge is 0.137 e. The van der Waals surface area contributed by atoms with Gasteiger partial charge in [0.1, 0.15) is 19.3 Å². The van der Waals surface area contributed by atoms with Gasteiger partial charge in [-0.1, -0.05) is 11.8 Å². The topological polar surface area (TPSA) is 71.3 Å². The summed E-state index contributed by atoms with van der Waals surface area (Å²) in [5.41, 5.74) is 0. The summed E-state index contributed by atoms with van der Waals surface area (Å²) in [5.74, 6) is 8.98. The first kappa shape index (κ1) is 12.4. The fourth-order valence-electron chi connectivity index (χ4n) is 0.539. The van der Waals surface area contributed by atoms with Crippen LogP contribution in [0.4, 0.5) is 0 Å². The summed E-state index contributed by atoms with van der Waals surface area (Å²) in [6.07, 6.45) is 9.59. The number of terminal acetylenes is 2. The molecule has 2 N–H and O–H groups in total. The van der Waals surface area contributed by atoms with Crippen LogP contribution in [0.2, 0.25) is 0 Å². The van der Waals surface area contributed by atoms with Crippen LogP contribution in [0.3, 0.4) is 0 Å². The van der Waals surface area contributed by atoms with Gasteiger partial charge >= 0.3 is 0 Å². The van der Waals surface area contributed by atoms with Gasteiger partial charge in [0.05, 0.1) is 12.6 Å². The molecule has 0 bridgehead atoms. The molecule has 0 aromatic heterocycles. The van der Waals surface area contributed by atoms with E-state index in [9.17, 15) is 0 Å². The van der Waals surface area contributed by atoms with E-state index in [2.05, 4.69) is 29.0 Å². The molecule has 0 amide bonds. The monoisotopic (exact) mass is 193 g/mol. The van der Waals surface area contributed by atoms with Crippen molar-refractivity contribution in [3.63, 3.8) is 0 Å². The fourth-order valence-corrected chi connectivity index (χ4v) is 0.539. The minimum absolute atomic E-state index is 0.0571. The van der Waals surface area contributed by atoms with Crippen LogP contribution in [-0.4, -0.2) is 30.9 Å². The lowest BCUT2D eigenvalue weighted by molar-refractivity contribution is -0.0516. The zero-order chi connectivity index (χ0) is 10.8. The van der Waals surface area contributed by atoms with Crippen LogP contribution in [0.25, 0.3) is 0 Å². The van der Waals surface area contributed by atoms with Crippen molar-refractivity contribution in [2.24, 2.45) is 5.90 Å². The first-order valence-corrected chi connectivity index (χ1v) is 3.78. The summed E-state index contributed by atoms with van der Waals surface area (Å²) in [6.45, 7) is 1.15. The van der Waals surface area contributed by atoms with E-state index in [0.29, 0.717) is 6.54 Å². The van der Waals surface area contributed by atoms with E-state index in [-0.39, 0.29) is 19.3 Å². The maximum absolute atomic E-state index is 8.25. The molecule has 5 heteroatoms. The number of nitriles is 1. The highest BCUT2D eigenvalue weighted by Crippen LogP contribution is 2.15. The first-order valence-electron chi connectivity index (χ1n) is 3.78. The average molecular weight is 193 g/mol. The van der Waals surface area contributed by atoms with E-state index < -0.39 is 0 Å². The molecule has 1 aliphatic heterocycles. The molecule has 0 aromatic rings. The molecule has 2 unspecified atom stereocenters. The van der Waals surface area contributed by atoms with Gasteiger partial charge in [0.2, 0.25) is 0 Å². The number of nitrogens with two attached hydrogens (primary N) is 1. The Bertz CT molecular complexity index is 271. The van der Waals surface area contributed by atoms with Crippen LogP contribution in [0.5, 0.6) is 0 Å². The van der Waals surface area contributed by atoms with E-state index in [4.69, 9.17) is 16.5 Å². The third-order valence-electron chi connectivity index (χ3n) is 1.20. The summed E-state index contributed by atoms with van der Waals surface area (Å²) >= 11 is 0. The molecule has 0 aromatic carbocycles. The molecule has 14 heavy (non-hydrogen) atoms. The molecule has 1 aliphatic rings. The molecule has 1 heterocycles. The third kappa shape index (κ3) is 6.02. The van der Waals surface area contributed by atoms with Gasteiger partial charge in [-0.25, -0.2) is 5.90 Å². The highest BCUT2D eigenvalue weighted by atomic mass is 16.7. The summed E-state index contributed by atoms with van der Waals surface area (Å²) in [7, 11) is 0. The molecule has 1 fully saturated rings. The highest BCUT2D eigenvalue weighted by molar-refractivity contribution is 5.02. The van der Waals surface area contributed by atoms with Crippen LogP contribution in [0.15, 0.2) is 0 Å². The molecule has 5 nitrogen and oxygen atoms in total. The first-order chi connectivity index (χ1) is 6.79. The van der Waals surface area contributed by atoms with E-state index in [1.54, 1.807) is 5.06 Å². The molecule has 1 saturated heterocycles. The van der Waals surface area contributed by atoms with Gasteiger partial charge in [-0.2, -0.15) is 10.3 Å². The minimum Gasteiger partial charge on any atom is -0.292 e. The fraction of sp³-hybridized carbons (Fsp3) is 0.444. The average Bonchev–Trinajstić information content (AvgIpc) is 2.95. The molecular formula is C9H11N3O2. The normalized spacial score (nSPS) is 21.9. The standard InChI is InChI=1S/C6H6N2O.C3H5NO/c1-2-3-9-8-5-6(8)4-7;1-2-3-5-4/h1,6H,3,5H2;1H,3-4H2. The zero-order valence-corrected chi connectivity index (χ0v) is 7.64. The van der Waals surface area contributed by atoms with E-state index in [0.717, 1.165) is 0 Å². The van der Waals surface area contributed by atoms with Gasteiger partial charge in [0.15, 0.2) is 0 Å². The molecule has 1 rings (SSSR count). The number of rotatable bonds is 3. The predicted octanol–water partition coefficient (Wildman–Crippen LogP) is -0.731. The van der Waals surface area contributed by atoms with Gasteiger partial charge in [-0.05, 0) is 0 Å². The molecule has 74 valence electrons. The highest BCUT2D eigenvalue weighted by Gasteiger charge is 2.35. The minimum atomic E-state index is -0.0571. The second kappa shape index (κ2) is 8.07. The van der Waals surface area contributed by atoms with Crippen molar-refractivity contribution in [1.82, 2.24) is 5.06 Å². The third-order valence-corrected chi connectivity index (χ3v) is 1.20. The number of hydroxylamine groups is 2. The van der Waals surface area contributed by atoms with Crippen molar-refractivity contribution in [2.45, 2.75) is 6.04 Å². The van der Waals surface area contributed by atoms with Crippen LogP contribution in [0.1, 0.15) is 0 Å². The van der Waals surface area contributed by atoms with Crippen LogP contribution >= 0.6 is 0 Å². The molecule has 2 atom stereocenters. The Balaban J connectivity index is 0.000000292. The van der Waals surface area contributed by atoms with E-state index in [1.807, 2.05) is 6.07 Å². The summed E-state index contributed by atoms with van der Waals surface area (Å²) < 4.78 is 0. The lowest BCUT2D eigenvalue weighted by Crippen LogP contribution is -2.01. The quantitative estimate of drug-likeness (QED) is 0.363. The SMILES string of the molecule is C#CCON.C#CCON1CC1C#N. The number of hydrogen-bond donors (Lipinski definition) is 1. The van der Waals surface area contributed by atoms with Crippen molar-refractivity contribution >= 4 is 0 Å². The lowest BCUT2D eigenvalue weighted by atomic mass is 10.6. The predicted molar refractivity (Wildman–Crippen MR) is 49.9 cm³/mol. The van der Waals surface area contributed by atoms with Crippen molar-refractivity contribution in [3.05, 3.63) is 0 Å². The van der Waals surface area contributed by atoms with Gasteiger partial charge in [-0.15, -0.1) is 12.8 Å². The Kier molecular flexibility index (Phi) is 7.17. The van der Waals surface area contributed by atoms with Gasteiger partial charge in [0.25, 0.3) is 0 Å². The Morgan fingerprint density at radius 1 is 1.43 bits per heavy atom. The van der Waals surface area contributed by atoms with Crippen molar-refractivity contribution in [1.29, 1.82) is 5.26 Å². The maximum Gasteiger partial charge on any atom is 0.137 e. The Morgan fingerprint density at radius 3 is 2.36 bits per heavy atom. The molecule has 0 spiro atoms. The maximum atomic E-state index is 8.25. The number of hydrogen-bond acceptors (Lipinski definition) is 5. The van der Waals surface area contributed by atoms with Crippen LogP contribution < -0.4 is 5.90 Å². The van der Waals surface area contributed by atoms with Crippen LogP contribution in [0, 0.1) is 36.0 Å². The molecular weight excluding hydrogens is 182 g/mol. The summed E-state index contributed by atoms with van der Waals surface area (Å²) in [4.78, 5) is 8.84. The Hall–Kier alpha value is -1.55. The Morgan fingerprint density at radius 2 is 2.07 bits per heavy atom. The van der Waals surface area contributed by atoms with Gasteiger partial charge < -0.3 is 0 Å². The lowest BCUT2D eigenvalue weighted by Gasteiger charge is -1.94. The van der Waals surface area contributed by atoms with E-state index in [1.165, 1.54) is 0 Å². The largest absolute Gasteiger partial charge is 0.292 e. The molecule has 0 aliphatic carbocycles. The number of nitrogens with zero attached hydrogens (tertiary/aromatic N) is 2. The van der Waals surface area contributed by atoms with Crippen molar-refractivity contribution < 1.29 is 9.68 Å². The van der Waals surface area contributed by atoms with Crippen molar-refractivity contribution in [3.8, 4) is 30.8 Å². The van der Waals surface area contributed by atoms with Crippen LogP contribution in [-0.2, 0) is 9.68 Å². The van der Waals surface area contributed by atoms with E-state index >= 15 is 0 Å². The second-order valence-electron chi connectivity index (χ2n) is 2.24. The zero-order valence-electron chi connectivity index (χ0n) is 7.64. The van der Waals surface area contributed by atoms with Gasteiger partial charge in [-0.3, -0.25) is 9.68 Å². The molecule has 0 saturated carbocycles. The Labute approximate surface area is 83.3 Å².